The smallest absolute Gasteiger partial charge is 0.224 e. The summed E-state index contributed by atoms with van der Waals surface area (Å²) in [7, 11) is 5.02. The molecule has 2 rings (SSSR count). The van der Waals surface area contributed by atoms with E-state index in [1.165, 1.54) is 0 Å². The predicted octanol–water partition coefficient (Wildman–Crippen LogP) is 2.59. The molecule has 2 N–H and O–H groups in total. The maximum Gasteiger partial charge on any atom is 0.224 e. The van der Waals surface area contributed by atoms with Crippen molar-refractivity contribution >= 4 is 17.5 Å². The predicted molar refractivity (Wildman–Crippen MR) is 79.1 cm³/mol. The van der Waals surface area contributed by atoms with Gasteiger partial charge < -0.3 is 20.1 Å². The molecule has 1 aromatic heterocycles. The lowest BCUT2D eigenvalue weighted by Gasteiger charge is -2.11. The fourth-order valence-corrected chi connectivity index (χ4v) is 1.77. The van der Waals surface area contributed by atoms with Crippen molar-refractivity contribution in [2.24, 2.45) is 0 Å². The molecule has 0 atom stereocenters. The first kappa shape index (κ1) is 13.9. The van der Waals surface area contributed by atoms with Gasteiger partial charge in [0, 0.05) is 42.7 Å². The fourth-order valence-electron chi connectivity index (χ4n) is 1.77. The zero-order valence-electron chi connectivity index (χ0n) is 12.0. The topological polar surface area (TPSA) is 68.3 Å². The molecule has 0 saturated carbocycles. The number of hydrogen-bond donors (Lipinski definition) is 2. The largest absolute Gasteiger partial charge is 0.497 e. The van der Waals surface area contributed by atoms with Crippen molar-refractivity contribution in [3.8, 4) is 11.5 Å². The number of nitrogens with one attached hydrogen (secondary N) is 2. The molecule has 0 amide bonds. The minimum Gasteiger partial charge on any atom is -0.497 e. The van der Waals surface area contributed by atoms with Crippen molar-refractivity contribution in [3.63, 3.8) is 0 Å². The van der Waals surface area contributed by atoms with Gasteiger partial charge >= 0.3 is 0 Å². The lowest BCUT2D eigenvalue weighted by molar-refractivity contribution is 0.395. The lowest BCUT2D eigenvalue weighted by atomic mass is 10.2. The molecule has 0 fully saturated rings. The lowest BCUT2D eigenvalue weighted by Crippen LogP contribution is -2.02. The monoisotopic (exact) mass is 274 g/mol. The minimum absolute atomic E-state index is 0.572. The van der Waals surface area contributed by atoms with E-state index in [9.17, 15) is 0 Å². The van der Waals surface area contributed by atoms with E-state index in [1.54, 1.807) is 21.3 Å². The highest BCUT2D eigenvalue weighted by Crippen LogP contribution is 2.27. The van der Waals surface area contributed by atoms with Crippen LogP contribution in [0.2, 0.25) is 0 Å². The van der Waals surface area contributed by atoms with Crippen LogP contribution in [-0.2, 0) is 0 Å². The number of methoxy groups -OCH3 is 2. The first-order chi connectivity index (χ1) is 9.64. The first-order valence-electron chi connectivity index (χ1n) is 6.18. The van der Waals surface area contributed by atoms with E-state index < -0.39 is 0 Å². The van der Waals surface area contributed by atoms with Gasteiger partial charge in [-0.05, 0) is 6.92 Å². The Morgan fingerprint density at radius 2 is 1.60 bits per heavy atom. The van der Waals surface area contributed by atoms with Crippen LogP contribution in [0.4, 0.5) is 17.5 Å². The molecule has 6 heteroatoms. The van der Waals surface area contributed by atoms with E-state index in [0.717, 1.165) is 11.4 Å². The van der Waals surface area contributed by atoms with Gasteiger partial charge in [0.05, 0.1) is 14.2 Å². The van der Waals surface area contributed by atoms with Gasteiger partial charge in [-0.2, -0.15) is 4.98 Å². The number of rotatable bonds is 5. The van der Waals surface area contributed by atoms with Crippen molar-refractivity contribution in [2.45, 2.75) is 6.92 Å². The Labute approximate surface area is 118 Å². The average molecular weight is 274 g/mol. The Kier molecular flexibility index (Phi) is 4.24. The molecule has 2 aromatic rings. The molecule has 1 heterocycles. The van der Waals surface area contributed by atoms with Gasteiger partial charge in [0.1, 0.15) is 17.3 Å². The van der Waals surface area contributed by atoms with E-state index in [0.29, 0.717) is 23.3 Å². The third kappa shape index (κ3) is 3.28. The molecule has 0 spiro atoms. The molecule has 0 saturated heterocycles. The summed E-state index contributed by atoms with van der Waals surface area (Å²) in [6, 6.07) is 7.43. The summed E-state index contributed by atoms with van der Waals surface area (Å²) < 4.78 is 10.5. The number of anilines is 3. The van der Waals surface area contributed by atoms with Gasteiger partial charge in [-0.25, -0.2) is 4.98 Å². The van der Waals surface area contributed by atoms with Gasteiger partial charge in [0.25, 0.3) is 0 Å². The van der Waals surface area contributed by atoms with Crippen LogP contribution in [0, 0.1) is 6.92 Å². The van der Waals surface area contributed by atoms with Crippen LogP contribution >= 0.6 is 0 Å². The van der Waals surface area contributed by atoms with Crippen molar-refractivity contribution in [1.82, 2.24) is 9.97 Å². The normalized spacial score (nSPS) is 10.0. The maximum atomic E-state index is 5.24. The molecular weight excluding hydrogens is 256 g/mol. The molecule has 106 valence electrons. The zero-order valence-corrected chi connectivity index (χ0v) is 12.0. The molecule has 0 aliphatic rings. The number of hydrogen-bond acceptors (Lipinski definition) is 6. The van der Waals surface area contributed by atoms with E-state index in [4.69, 9.17) is 9.47 Å². The van der Waals surface area contributed by atoms with E-state index in [2.05, 4.69) is 20.6 Å². The highest BCUT2D eigenvalue weighted by Gasteiger charge is 2.05. The second kappa shape index (κ2) is 6.10. The summed E-state index contributed by atoms with van der Waals surface area (Å²) in [5, 5.41) is 6.15. The summed E-state index contributed by atoms with van der Waals surface area (Å²) in [6.45, 7) is 1.92. The number of ether oxygens (including phenoxy) is 2. The van der Waals surface area contributed by atoms with Crippen LogP contribution in [-0.4, -0.2) is 31.2 Å². The van der Waals surface area contributed by atoms with Crippen LogP contribution < -0.4 is 20.1 Å². The molecular formula is C14H18N4O2. The Hall–Kier alpha value is -2.50. The Morgan fingerprint density at radius 1 is 0.950 bits per heavy atom. The number of aromatic nitrogens is 2. The fraction of sp³-hybridized carbons (Fsp3) is 0.286. The Balaban J connectivity index is 2.31. The summed E-state index contributed by atoms with van der Waals surface area (Å²) in [4.78, 5) is 8.59. The van der Waals surface area contributed by atoms with Crippen LogP contribution in [0.3, 0.4) is 0 Å². The van der Waals surface area contributed by atoms with Crippen LogP contribution in [0.1, 0.15) is 5.69 Å². The van der Waals surface area contributed by atoms with Crippen LogP contribution in [0.25, 0.3) is 0 Å². The second-order valence-electron chi connectivity index (χ2n) is 4.19. The van der Waals surface area contributed by atoms with Crippen molar-refractivity contribution < 1.29 is 9.47 Å². The molecule has 0 radical (unpaired) electrons. The summed E-state index contributed by atoms with van der Waals surface area (Å²) >= 11 is 0. The molecule has 0 aliphatic heterocycles. The Morgan fingerprint density at radius 3 is 2.15 bits per heavy atom. The van der Waals surface area contributed by atoms with Crippen LogP contribution in [0.5, 0.6) is 11.5 Å². The maximum absolute atomic E-state index is 5.24. The second-order valence-corrected chi connectivity index (χ2v) is 4.19. The van der Waals surface area contributed by atoms with Crippen LogP contribution in [0.15, 0.2) is 24.3 Å². The Bertz CT molecular complexity index is 579. The third-order valence-corrected chi connectivity index (χ3v) is 2.70. The van der Waals surface area contributed by atoms with Gasteiger partial charge in [-0.15, -0.1) is 0 Å². The average Bonchev–Trinajstić information content (AvgIpc) is 2.46. The minimum atomic E-state index is 0.572. The SMILES string of the molecule is CNc1nc(C)cc(Nc2cc(OC)cc(OC)c2)n1. The van der Waals surface area contributed by atoms with E-state index in [1.807, 2.05) is 31.2 Å². The van der Waals surface area contributed by atoms with Crippen molar-refractivity contribution in [3.05, 3.63) is 30.0 Å². The quantitative estimate of drug-likeness (QED) is 0.873. The van der Waals surface area contributed by atoms with Crippen molar-refractivity contribution in [1.29, 1.82) is 0 Å². The molecule has 1 aromatic carbocycles. The number of nitrogens with zero attached hydrogens (tertiary/aromatic N) is 2. The molecule has 20 heavy (non-hydrogen) atoms. The summed E-state index contributed by atoms with van der Waals surface area (Å²) in [5.74, 6) is 2.71. The molecule has 6 nitrogen and oxygen atoms in total. The summed E-state index contributed by atoms with van der Waals surface area (Å²) in [5.41, 5.74) is 1.71. The third-order valence-electron chi connectivity index (χ3n) is 2.70. The molecule has 0 unspecified atom stereocenters. The van der Waals surface area contributed by atoms with Gasteiger partial charge in [0.2, 0.25) is 5.95 Å². The zero-order chi connectivity index (χ0) is 14.5. The summed E-state index contributed by atoms with van der Waals surface area (Å²) in [6.07, 6.45) is 0. The van der Waals surface area contributed by atoms with Gasteiger partial charge in [0.15, 0.2) is 0 Å². The van der Waals surface area contributed by atoms with Gasteiger partial charge in [-0.1, -0.05) is 0 Å². The van der Waals surface area contributed by atoms with E-state index >= 15 is 0 Å². The highest BCUT2D eigenvalue weighted by atomic mass is 16.5. The number of benzene rings is 1. The highest BCUT2D eigenvalue weighted by molar-refractivity contribution is 5.62. The molecule has 0 bridgehead atoms. The molecule has 0 aliphatic carbocycles. The number of aryl methyl sites for hydroxylation is 1. The first-order valence-corrected chi connectivity index (χ1v) is 6.18. The van der Waals surface area contributed by atoms with Crippen molar-refractivity contribution in [2.75, 3.05) is 31.9 Å². The van der Waals surface area contributed by atoms with E-state index in [-0.39, 0.29) is 0 Å². The standard InChI is InChI=1S/C14H18N4O2/c1-9-5-13(18-14(15-2)16-9)17-10-6-11(19-3)8-12(7-10)20-4/h5-8H,1-4H3,(H2,15,16,17,18). The van der Waals surface area contributed by atoms with Gasteiger partial charge in [-0.3, -0.25) is 0 Å².